The van der Waals surface area contributed by atoms with E-state index in [4.69, 9.17) is 4.74 Å². The number of imide groups is 1. The lowest BCUT2D eigenvalue weighted by atomic mass is 10.1. The smallest absolute Gasteiger partial charge is 0.263 e. The summed E-state index contributed by atoms with van der Waals surface area (Å²) in [6, 6.07) is 16.1. The molecule has 0 atom stereocenters. The van der Waals surface area contributed by atoms with Gasteiger partial charge in [0.1, 0.15) is 17.4 Å². The van der Waals surface area contributed by atoms with Crippen LogP contribution in [0.1, 0.15) is 31.8 Å². The number of fused-ring (bicyclic) bond motifs is 1. The summed E-state index contributed by atoms with van der Waals surface area (Å²) in [6.45, 7) is 2.95. The molecule has 5 rings (SSSR count). The third-order valence-electron chi connectivity index (χ3n) is 6.59. The Morgan fingerprint density at radius 1 is 0.857 bits per heavy atom. The molecule has 1 fully saturated rings. The number of halogens is 2. The molecule has 2 amide bonds. The van der Waals surface area contributed by atoms with Crippen LogP contribution in [-0.4, -0.2) is 54.9 Å². The van der Waals surface area contributed by atoms with Crippen LogP contribution in [0.25, 0.3) is 0 Å². The van der Waals surface area contributed by atoms with Gasteiger partial charge in [-0.1, -0.05) is 18.2 Å². The fourth-order valence-electron chi connectivity index (χ4n) is 4.69. The van der Waals surface area contributed by atoms with Crippen molar-refractivity contribution in [2.45, 2.75) is 13.1 Å². The number of hydrogen-bond acceptors (Lipinski definition) is 5. The van der Waals surface area contributed by atoms with Gasteiger partial charge in [0.2, 0.25) is 0 Å². The molecule has 0 spiro atoms. The van der Waals surface area contributed by atoms with Gasteiger partial charge in [-0.05, 0) is 48.0 Å². The van der Waals surface area contributed by atoms with Crippen molar-refractivity contribution < 1.29 is 23.1 Å². The molecule has 6 nitrogen and oxygen atoms in total. The van der Waals surface area contributed by atoms with Crippen molar-refractivity contribution in [1.82, 2.24) is 9.80 Å². The van der Waals surface area contributed by atoms with Crippen LogP contribution in [0, 0.1) is 11.6 Å². The SMILES string of the molecule is COc1ccc(CN2C(=O)c3cccc(N4CCN(Cc5cc(F)ccc5F)CC4)c3C2=O)cc1. The zero-order chi connectivity index (χ0) is 24.5. The molecule has 0 aromatic heterocycles. The van der Waals surface area contributed by atoms with Crippen LogP contribution in [-0.2, 0) is 13.1 Å². The number of anilines is 1. The minimum absolute atomic E-state index is 0.183. The van der Waals surface area contributed by atoms with Gasteiger partial charge in [-0.2, -0.15) is 0 Å². The average Bonchev–Trinajstić information content (AvgIpc) is 3.12. The lowest BCUT2D eigenvalue weighted by molar-refractivity contribution is 0.0642. The Labute approximate surface area is 202 Å². The maximum absolute atomic E-state index is 14.0. The molecule has 0 N–H and O–H groups in total. The monoisotopic (exact) mass is 477 g/mol. The topological polar surface area (TPSA) is 53.1 Å². The van der Waals surface area contributed by atoms with Crippen LogP contribution >= 0.6 is 0 Å². The minimum Gasteiger partial charge on any atom is -0.497 e. The molecule has 1 saturated heterocycles. The number of piperazine rings is 1. The summed E-state index contributed by atoms with van der Waals surface area (Å²) < 4.78 is 32.7. The second-order valence-electron chi connectivity index (χ2n) is 8.74. The average molecular weight is 478 g/mol. The van der Waals surface area contributed by atoms with Gasteiger partial charge < -0.3 is 9.64 Å². The Kier molecular flexibility index (Phi) is 6.21. The Morgan fingerprint density at radius 2 is 1.60 bits per heavy atom. The van der Waals surface area contributed by atoms with Crippen molar-refractivity contribution >= 4 is 17.5 Å². The third kappa shape index (κ3) is 4.49. The van der Waals surface area contributed by atoms with Gasteiger partial charge in [0.15, 0.2) is 0 Å². The Hall–Kier alpha value is -3.78. The van der Waals surface area contributed by atoms with Crippen molar-refractivity contribution in [3.05, 3.63) is 94.6 Å². The molecule has 8 heteroatoms. The fraction of sp³-hybridized carbons (Fsp3) is 0.259. The lowest BCUT2D eigenvalue weighted by Crippen LogP contribution is -2.46. The van der Waals surface area contributed by atoms with Crippen LogP contribution in [0.2, 0.25) is 0 Å². The van der Waals surface area contributed by atoms with Crippen LogP contribution < -0.4 is 9.64 Å². The number of nitrogens with zero attached hydrogens (tertiary/aromatic N) is 3. The summed E-state index contributed by atoms with van der Waals surface area (Å²) >= 11 is 0. The van der Waals surface area contributed by atoms with Crippen molar-refractivity contribution in [3.8, 4) is 5.75 Å². The number of carbonyl (C=O) groups excluding carboxylic acids is 2. The van der Waals surface area contributed by atoms with Crippen LogP contribution in [0.4, 0.5) is 14.5 Å². The molecule has 3 aromatic carbocycles. The van der Waals surface area contributed by atoms with Gasteiger partial charge in [0, 0.05) is 38.3 Å². The summed E-state index contributed by atoms with van der Waals surface area (Å²) in [6.07, 6.45) is 0. The number of rotatable bonds is 6. The van der Waals surface area contributed by atoms with Crippen molar-refractivity contribution in [2.24, 2.45) is 0 Å². The summed E-state index contributed by atoms with van der Waals surface area (Å²) in [7, 11) is 1.58. The largest absolute Gasteiger partial charge is 0.497 e. The Morgan fingerprint density at radius 3 is 2.31 bits per heavy atom. The highest BCUT2D eigenvalue weighted by atomic mass is 19.1. The van der Waals surface area contributed by atoms with E-state index in [-0.39, 0.29) is 18.4 Å². The van der Waals surface area contributed by atoms with E-state index in [0.717, 1.165) is 23.4 Å². The molecule has 0 bridgehead atoms. The lowest BCUT2D eigenvalue weighted by Gasteiger charge is -2.36. The minimum atomic E-state index is -0.456. The van der Waals surface area contributed by atoms with Crippen LogP contribution in [0.15, 0.2) is 60.7 Å². The number of hydrogen-bond donors (Lipinski definition) is 0. The summed E-state index contributed by atoms with van der Waals surface area (Å²) in [5.41, 5.74) is 2.73. The first-order valence-corrected chi connectivity index (χ1v) is 11.5. The normalized spacial score (nSPS) is 16.1. The van der Waals surface area contributed by atoms with E-state index in [9.17, 15) is 18.4 Å². The van der Waals surface area contributed by atoms with E-state index in [1.54, 1.807) is 31.4 Å². The molecule has 35 heavy (non-hydrogen) atoms. The second kappa shape index (κ2) is 9.46. The molecule has 3 aromatic rings. The fourth-order valence-corrected chi connectivity index (χ4v) is 4.69. The first-order valence-electron chi connectivity index (χ1n) is 11.5. The molecule has 0 radical (unpaired) electrons. The maximum Gasteiger partial charge on any atom is 0.263 e. The summed E-state index contributed by atoms with van der Waals surface area (Å²) in [5.74, 6) is -0.778. The summed E-state index contributed by atoms with van der Waals surface area (Å²) in [5, 5.41) is 0. The first-order chi connectivity index (χ1) is 16.9. The van der Waals surface area contributed by atoms with E-state index < -0.39 is 11.6 Å². The predicted octanol–water partition coefficient (Wildman–Crippen LogP) is 4.09. The first kappa shape index (κ1) is 23.0. The van der Waals surface area contributed by atoms with Crippen molar-refractivity contribution in [1.29, 1.82) is 0 Å². The van der Waals surface area contributed by atoms with Gasteiger partial charge >= 0.3 is 0 Å². The standard InChI is InChI=1S/C27H25F2N3O3/c1-35-21-8-5-18(6-9-21)16-32-26(33)22-3-2-4-24(25(22)27(32)34)31-13-11-30(12-14-31)17-19-15-20(28)7-10-23(19)29/h2-10,15H,11-14,16-17H2,1H3. The number of methoxy groups -OCH3 is 1. The molecule has 0 saturated carbocycles. The highest BCUT2D eigenvalue weighted by Gasteiger charge is 2.38. The number of amides is 2. The number of ether oxygens (including phenoxy) is 1. The van der Waals surface area contributed by atoms with E-state index in [0.29, 0.717) is 55.2 Å². The quantitative estimate of drug-likeness (QED) is 0.501. The van der Waals surface area contributed by atoms with E-state index in [1.165, 1.54) is 11.0 Å². The van der Waals surface area contributed by atoms with Crippen molar-refractivity contribution in [3.63, 3.8) is 0 Å². The van der Waals surface area contributed by atoms with Crippen molar-refractivity contribution in [2.75, 3.05) is 38.2 Å². The molecule has 2 aliphatic heterocycles. The maximum atomic E-state index is 14.0. The second-order valence-corrected chi connectivity index (χ2v) is 8.74. The van der Waals surface area contributed by atoms with E-state index >= 15 is 0 Å². The van der Waals surface area contributed by atoms with E-state index in [2.05, 4.69) is 9.80 Å². The third-order valence-corrected chi connectivity index (χ3v) is 6.59. The predicted molar refractivity (Wildman–Crippen MR) is 127 cm³/mol. The van der Waals surface area contributed by atoms with Gasteiger partial charge in [-0.25, -0.2) is 8.78 Å². The van der Waals surface area contributed by atoms with Gasteiger partial charge in [0.25, 0.3) is 11.8 Å². The highest BCUT2D eigenvalue weighted by molar-refractivity contribution is 6.23. The van der Waals surface area contributed by atoms with Crippen LogP contribution in [0.3, 0.4) is 0 Å². The molecule has 2 aliphatic rings. The molecule has 180 valence electrons. The van der Waals surface area contributed by atoms with Gasteiger partial charge in [0.05, 0.1) is 30.5 Å². The highest BCUT2D eigenvalue weighted by Crippen LogP contribution is 2.33. The molecule has 0 unspecified atom stereocenters. The summed E-state index contributed by atoms with van der Waals surface area (Å²) in [4.78, 5) is 31.8. The zero-order valence-corrected chi connectivity index (χ0v) is 19.3. The molecule has 2 heterocycles. The van der Waals surface area contributed by atoms with Gasteiger partial charge in [-0.3, -0.25) is 19.4 Å². The zero-order valence-electron chi connectivity index (χ0n) is 19.3. The Balaban J connectivity index is 1.30. The van der Waals surface area contributed by atoms with Crippen LogP contribution in [0.5, 0.6) is 5.75 Å². The number of carbonyl (C=O) groups is 2. The number of benzene rings is 3. The Bertz CT molecular complexity index is 1270. The molecule has 0 aliphatic carbocycles. The molecular formula is C27H25F2N3O3. The molecular weight excluding hydrogens is 452 g/mol. The van der Waals surface area contributed by atoms with Gasteiger partial charge in [-0.15, -0.1) is 0 Å². The van der Waals surface area contributed by atoms with E-state index in [1.807, 2.05) is 18.2 Å².